The molecule has 0 aliphatic rings. The highest BCUT2D eigenvalue weighted by Crippen LogP contribution is 2.32. The fourth-order valence-corrected chi connectivity index (χ4v) is 1.62. The van der Waals surface area contributed by atoms with Crippen LogP contribution in [0.4, 0.5) is 13.2 Å². The van der Waals surface area contributed by atoms with Gasteiger partial charge in [0.25, 0.3) is 0 Å². The summed E-state index contributed by atoms with van der Waals surface area (Å²) < 4.78 is 37.5. The van der Waals surface area contributed by atoms with Gasteiger partial charge in [0.15, 0.2) is 0 Å². The minimum atomic E-state index is -4.58. The fraction of sp³-hybridized carbons (Fsp3) is 0.364. The second-order valence-electron chi connectivity index (χ2n) is 3.65. The third kappa shape index (κ3) is 3.24. The van der Waals surface area contributed by atoms with E-state index >= 15 is 0 Å². The maximum absolute atomic E-state index is 12.5. The van der Waals surface area contributed by atoms with Gasteiger partial charge in [-0.15, -0.1) is 0 Å². The number of thiol groups is 1. The van der Waals surface area contributed by atoms with Crippen molar-refractivity contribution in [3.63, 3.8) is 0 Å². The highest BCUT2D eigenvalue weighted by atomic mass is 32.1. The molecule has 0 aliphatic heterocycles. The van der Waals surface area contributed by atoms with Gasteiger partial charge < -0.3 is 10.2 Å². The van der Waals surface area contributed by atoms with Gasteiger partial charge in [-0.25, -0.2) is 0 Å². The number of halogens is 3. The first-order valence-corrected chi connectivity index (χ1v) is 5.57. The lowest BCUT2D eigenvalue weighted by Crippen LogP contribution is -2.21. The van der Waals surface area contributed by atoms with Crippen LogP contribution >= 0.6 is 12.6 Å². The number of carbonyl (C=O) groups is 1. The zero-order valence-electron chi connectivity index (χ0n) is 9.05. The number of hydrogen-bond acceptors (Lipinski definition) is 4. The van der Waals surface area contributed by atoms with Crippen LogP contribution in [0.15, 0.2) is 18.2 Å². The predicted molar refractivity (Wildman–Crippen MR) is 61.7 cm³/mol. The lowest BCUT2D eigenvalue weighted by molar-refractivity contribution is -0.137. The molecule has 1 aromatic carbocycles. The fourth-order valence-electron chi connectivity index (χ4n) is 1.42. The molecule has 2 N–H and O–H groups in total. The van der Waals surface area contributed by atoms with Gasteiger partial charge in [-0.2, -0.15) is 25.8 Å². The van der Waals surface area contributed by atoms with Crippen molar-refractivity contribution < 1.29 is 28.2 Å². The van der Waals surface area contributed by atoms with Crippen LogP contribution in [0.2, 0.25) is 0 Å². The molecule has 0 spiro atoms. The molecule has 0 heterocycles. The zero-order valence-corrected chi connectivity index (χ0v) is 9.95. The van der Waals surface area contributed by atoms with Crippen LogP contribution in [0.3, 0.4) is 0 Å². The Labute approximate surface area is 107 Å². The number of hydrogen-bond donors (Lipinski definition) is 3. The van der Waals surface area contributed by atoms with E-state index in [0.29, 0.717) is 12.4 Å². The molecule has 0 aromatic heterocycles. The van der Waals surface area contributed by atoms with E-state index in [1.54, 1.807) is 0 Å². The van der Waals surface area contributed by atoms with Gasteiger partial charge in [0.2, 0.25) is 0 Å². The number of carbonyl (C=O) groups excluding carboxylic acids is 1. The summed E-state index contributed by atoms with van der Waals surface area (Å²) in [5.41, 5.74) is -1.36. The molecule has 2 atom stereocenters. The monoisotopic (exact) mass is 280 g/mol. The third-order valence-corrected chi connectivity index (χ3v) is 2.79. The molecule has 18 heavy (non-hydrogen) atoms. The topological polar surface area (TPSA) is 57.5 Å². The molecular weight excluding hydrogens is 269 g/mol. The van der Waals surface area contributed by atoms with Crippen LogP contribution in [0, 0.1) is 0 Å². The van der Waals surface area contributed by atoms with E-state index in [1.165, 1.54) is 0 Å². The number of benzene rings is 1. The second-order valence-corrected chi connectivity index (χ2v) is 4.02. The first-order chi connectivity index (χ1) is 8.31. The van der Waals surface area contributed by atoms with Gasteiger partial charge in [0.1, 0.15) is 12.4 Å². The summed E-state index contributed by atoms with van der Waals surface area (Å²) in [7, 11) is 0. The average Bonchev–Trinajstić information content (AvgIpc) is 2.35. The summed E-state index contributed by atoms with van der Waals surface area (Å²) in [5.74, 6) is -0.143. The molecule has 0 radical (unpaired) electrons. The van der Waals surface area contributed by atoms with E-state index in [4.69, 9.17) is 0 Å². The number of aldehydes is 1. The summed E-state index contributed by atoms with van der Waals surface area (Å²) >= 11 is 3.73. The van der Waals surface area contributed by atoms with Gasteiger partial charge in [0.05, 0.1) is 11.7 Å². The second kappa shape index (κ2) is 5.73. The Kier molecular flexibility index (Phi) is 4.78. The highest BCUT2D eigenvalue weighted by molar-refractivity contribution is 7.80. The summed E-state index contributed by atoms with van der Waals surface area (Å²) in [6.07, 6.45) is -7.20. The van der Waals surface area contributed by atoms with Crippen LogP contribution in [0.25, 0.3) is 0 Å². The zero-order chi connectivity index (χ0) is 13.9. The molecule has 0 saturated heterocycles. The molecule has 3 nitrogen and oxygen atoms in total. The van der Waals surface area contributed by atoms with Gasteiger partial charge in [0, 0.05) is 11.3 Å². The Hall–Kier alpha value is -1.05. The quantitative estimate of drug-likeness (QED) is 0.582. The van der Waals surface area contributed by atoms with Crippen LogP contribution in [-0.4, -0.2) is 28.4 Å². The number of rotatable bonds is 4. The first kappa shape index (κ1) is 15.0. The minimum Gasteiger partial charge on any atom is -0.389 e. The molecule has 0 amide bonds. The molecule has 0 fully saturated rings. The maximum Gasteiger partial charge on any atom is 0.416 e. The van der Waals surface area contributed by atoms with Crippen molar-refractivity contribution in [2.45, 2.75) is 18.4 Å². The molecule has 100 valence electrons. The van der Waals surface area contributed by atoms with Gasteiger partial charge in [-0.05, 0) is 17.7 Å². The van der Waals surface area contributed by atoms with E-state index in [1.807, 2.05) is 0 Å². The molecule has 0 saturated carbocycles. The maximum atomic E-state index is 12.5. The Morgan fingerprint density at radius 2 is 1.94 bits per heavy atom. The van der Waals surface area contributed by atoms with Crippen molar-refractivity contribution in [3.8, 4) is 0 Å². The number of aliphatic hydroxyl groups is 2. The summed E-state index contributed by atoms with van der Waals surface area (Å²) in [6.45, 7) is 0. The molecule has 1 aromatic rings. The van der Waals surface area contributed by atoms with Gasteiger partial charge in [-0.3, -0.25) is 4.79 Å². The van der Waals surface area contributed by atoms with E-state index < -0.39 is 23.9 Å². The smallest absolute Gasteiger partial charge is 0.389 e. The summed E-state index contributed by atoms with van der Waals surface area (Å²) in [5, 5.41) is 19.0. The lowest BCUT2D eigenvalue weighted by atomic mass is 9.97. The van der Waals surface area contributed by atoms with E-state index in [0.717, 1.165) is 12.1 Å². The van der Waals surface area contributed by atoms with Crippen LogP contribution in [0.5, 0.6) is 0 Å². The van der Waals surface area contributed by atoms with Crippen LogP contribution < -0.4 is 0 Å². The molecular formula is C11H11F3O3S. The van der Waals surface area contributed by atoms with Crippen LogP contribution in [0.1, 0.15) is 27.6 Å². The molecule has 7 heteroatoms. The van der Waals surface area contributed by atoms with Crippen molar-refractivity contribution >= 4 is 18.9 Å². The Bertz CT molecular complexity index is 434. The largest absolute Gasteiger partial charge is 0.416 e. The molecule has 0 bridgehead atoms. The predicted octanol–water partition coefficient (Wildman–Crippen LogP) is 1.84. The van der Waals surface area contributed by atoms with E-state index in [-0.39, 0.29) is 16.9 Å². The number of alkyl halides is 3. The van der Waals surface area contributed by atoms with Crippen LogP contribution in [-0.2, 0) is 6.18 Å². The summed E-state index contributed by atoms with van der Waals surface area (Å²) in [4.78, 5) is 10.7. The van der Waals surface area contributed by atoms with Crippen molar-refractivity contribution in [2.75, 3.05) is 5.75 Å². The third-order valence-electron chi connectivity index (χ3n) is 2.41. The van der Waals surface area contributed by atoms with Gasteiger partial charge in [-0.1, -0.05) is 6.07 Å². The van der Waals surface area contributed by atoms with Gasteiger partial charge >= 0.3 is 6.18 Å². The SMILES string of the molecule is O=Cc1ccc(C(F)(F)F)cc1C(O)C(O)CS. The number of aliphatic hydroxyl groups excluding tert-OH is 2. The lowest BCUT2D eigenvalue weighted by Gasteiger charge is -2.19. The Balaban J connectivity index is 3.26. The first-order valence-electron chi connectivity index (χ1n) is 4.94. The molecule has 2 unspecified atom stereocenters. The van der Waals surface area contributed by atoms with E-state index in [9.17, 15) is 28.2 Å². The average molecular weight is 280 g/mol. The summed E-state index contributed by atoms with van der Waals surface area (Å²) in [6, 6.07) is 2.35. The standard InChI is InChI=1S/C11H11F3O3S/c12-11(13,14)7-2-1-6(4-15)8(3-7)10(17)9(16)5-18/h1-4,9-10,16-18H,5H2. The molecule has 0 aliphatic carbocycles. The Morgan fingerprint density at radius 3 is 2.39 bits per heavy atom. The van der Waals surface area contributed by atoms with E-state index in [2.05, 4.69) is 12.6 Å². The van der Waals surface area contributed by atoms with Crippen molar-refractivity contribution in [1.29, 1.82) is 0 Å². The highest BCUT2D eigenvalue weighted by Gasteiger charge is 2.32. The van der Waals surface area contributed by atoms with Crippen molar-refractivity contribution in [3.05, 3.63) is 34.9 Å². The minimum absolute atomic E-state index is 0.101. The van der Waals surface area contributed by atoms with Crippen molar-refractivity contribution in [2.24, 2.45) is 0 Å². The molecule has 1 rings (SSSR count). The normalized spacial score (nSPS) is 15.2. The van der Waals surface area contributed by atoms with Crippen molar-refractivity contribution in [1.82, 2.24) is 0 Å². The Morgan fingerprint density at radius 1 is 1.33 bits per heavy atom.